The minimum atomic E-state index is -0.891. The van der Waals surface area contributed by atoms with Crippen molar-refractivity contribution in [3.63, 3.8) is 0 Å². The fraction of sp³-hybridized carbons (Fsp3) is 0.304. The fourth-order valence-electron chi connectivity index (χ4n) is 3.74. The van der Waals surface area contributed by atoms with Gasteiger partial charge in [-0.15, -0.1) is 0 Å². The van der Waals surface area contributed by atoms with Crippen LogP contribution in [-0.2, 0) is 11.3 Å². The molecule has 13 heteroatoms. The average Bonchev–Trinajstić information content (AvgIpc) is 3.46. The summed E-state index contributed by atoms with van der Waals surface area (Å²) in [6.45, 7) is 3.48. The predicted molar refractivity (Wildman–Crippen MR) is 157 cm³/mol. The van der Waals surface area contributed by atoms with Crippen LogP contribution in [0.5, 0.6) is 5.75 Å². The molecule has 1 aromatic carbocycles. The van der Waals surface area contributed by atoms with Crippen LogP contribution in [0.2, 0.25) is 0 Å². The number of nitrogens with zero attached hydrogens (tertiary/aromatic N) is 3. The van der Waals surface area contributed by atoms with Crippen molar-refractivity contribution >= 4 is 106 Å². The van der Waals surface area contributed by atoms with E-state index in [1.165, 1.54) is 11.3 Å². The van der Waals surface area contributed by atoms with Crippen molar-refractivity contribution in [1.29, 1.82) is 0 Å². The van der Waals surface area contributed by atoms with Gasteiger partial charge in [0.15, 0.2) is 0 Å². The summed E-state index contributed by atoms with van der Waals surface area (Å²) in [4.78, 5) is 16.7. The number of aliphatic hydroxyl groups excluding tert-OH is 1. The number of aliphatic hydroxyl groups is 1. The van der Waals surface area contributed by atoms with Gasteiger partial charge < -0.3 is 0 Å². The summed E-state index contributed by atoms with van der Waals surface area (Å²) >= 11 is 20.0. The van der Waals surface area contributed by atoms with Gasteiger partial charge in [-0.3, -0.25) is 0 Å². The Labute approximate surface area is 238 Å². The summed E-state index contributed by atoms with van der Waals surface area (Å²) in [6.07, 6.45) is 4.05. The third kappa shape index (κ3) is 5.48. The van der Waals surface area contributed by atoms with Gasteiger partial charge in [0.25, 0.3) is 0 Å². The number of rotatable bonds is 8. The molecule has 0 unspecified atom stereocenters. The standard InChI is InChI=1S/C23H23N3O4S5Se/c1-3-24-14-5-4-13(30-2)12-16(14)34-17(24)7-6-15-20(31)25(10-11-27)22(35-15)19-21(32)26(23(33)36-19)9-8-18(28)29/h4-7,12,27H,3,8-11H2,1-2H3,(H,28,29)/b15-6?,17-7?,22-19-. The maximum absolute atomic E-state index is 11.1. The summed E-state index contributed by atoms with van der Waals surface area (Å²) < 4.78 is 11.3. The Bertz CT molecular complexity index is 1450. The van der Waals surface area contributed by atoms with Crippen LogP contribution in [0.25, 0.3) is 10.5 Å². The van der Waals surface area contributed by atoms with E-state index in [4.69, 9.17) is 46.5 Å². The third-order valence-electron chi connectivity index (χ3n) is 5.46. The van der Waals surface area contributed by atoms with Crippen LogP contribution in [0.1, 0.15) is 13.3 Å². The van der Waals surface area contributed by atoms with Crippen LogP contribution in [0.3, 0.4) is 0 Å². The van der Waals surface area contributed by atoms with Gasteiger partial charge in [-0.25, -0.2) is 0 Å². The van der Waals surface area contributed by atoms with E-state index in [0.717, 1.165) is 41.6 Å². The van der Waals surface area contributed by atoms with Crippen LogP contribution >= 0.6 is 59.8 Å². The maximum atomic E-state index is 11.1. The van der Waals surface area contributed by atoms with Gasteiger partial charge in [-0.2, -0.15) is 0 Å². The molecule has 0 amide bonds. The van der Waals surface area contributed by atoms with Crippen molar-refractivity contribution in [1.82, 2.24) is 9.47 Å². The van der Waals surface area contributed by atoms with Gasteiger partial charge in [-0.05, 0) is 0 Å². The Morgan fingerprint density at radius 1 is 1.19 bits per heavy atom. The first-order valence-corrected chi connectivity index (χ1v) is 15.5. The van der Waals surface area contributed by atoms with Crippen LogP contribution in [-0.4, -0.2) is 76.3 Å². The van der Waals surface area contributed by atoms with E-state index >= 15 is 0 Å². The van der Waals surface area contributed by atoms with Crippen LogP contribution in [0.15, 0.2) is 34.2 Å². The van der Waals surface area contributed by atoms with Crippen LogP contribution in [0.4, 0.5) is 5.69 Å². The number of carboxylic acids is 1. The zero-order chi connectivity index (χ0) is 26.0. The molecule has 2 aliphatic heterocycles. The van der Waals surface area contributed by atoms with Gasteiger partial charge in [0.1, 0.15) is 0 Å². The second kappa shape index (κ2) is 11.9. The second-order valence-corrected chi connectivity index (χ2v) is 13.5. The van der Waals surface area contributed by atoms with Gasteiger partial charge in [0.2, 0.25) is 0 Å². The van der Waals surface area contributed by atoms with Crippen molar-refractivity contribution in [2.24, 2.45) is 0 Å². The Kier molecular flexibility index (Phi) is 9.05. The summed E-state index contributed by atoms with van der Waals surface area (Å²) in [5.41, 5.74) is 1.15. The van der Waals surface area contributed by atoms with Crippen LogP contribution in [0, 0.1) is 4.64 Å². The van der Waals surface area contributed by atoms with E-state index in [-0.39, 0.29) is 34.5 Å². The number of anilines is 1. The minimum absolute atomic E-state index is 0.0382. The van der Waals surface area contributed by atoms with Crippen molar-refractivity contribution in [2.75, 3.05) is 31.7 Å². The van der Waals surface area contributed by atoms with Crippen molar-refractivity contribution in [3.8, 4) is 5.75 Å². The topological polar surface area (TPSA) is 78.2 Å². The molecular weight excluding hydrogens is 622 g/mol. The third-order valence-corrected chi connectivity index (χ3v) is 12.0. The zero-order valence-corrected chi connectivity index (χ0v) is 25.2. The number of aromatic nitrogens is 1. The number of hydrogen-bond acceptors (Lipinski definition) is 9. The molecule has 1 aromatic heterocycles. The molecule has 1 saturated heterocycles. The number of thiocarbonyl (C=S) groups is 2. The molecule has 36 heavy (non-hydrogen) atoms. The molecule has 2 aliphatic rings. The summed E-state index contributed by atoms with van der Waals surface area (Å²) in [6, 6.07) is 6.08. The Hall–Kier alpha value is -1.57. The molecule has 0 bridgehead atoms. The summed E-state index contributed by atoms with van der Waals surface area (Å²) in [7, 11) is 1.66. The SMILES string of the molecule is CCN1C(=CC=c2s/c(=C3\[Se]C(=S)N(CCC(=O)O)C3=S)n(CCO)c2=S)Sc2cc(OC)ccc21. The monoisotopic (exact) mass is 645 g/mol. The number of fused-ring (bicyclic) bond motifs is 1. The molecule has 1 fully saturated rings. The Balaban J connectivity index is 1.76. The molecule has 0 spiro atoms. The molecular formula is C23H23N3O4S5Se. The molecule has 4 rings (SSSR count). The van der Waals surface area contributed by atoms with E-state index < -0.39 is 5.97 Å². The molecule has 7 nitrogen and oxygen atoms in total. The normalized spacial score (nSPS) is 18.5. The summed E-state index contributed by atoms with van der Waals surface area (Å²) in [5.74, 6) is -0.0673. The number of carboxylic acid groups (broad SMARTS) is 1. The fourth-order valence-corrected chi connectivity index (χ4v) is 10.0. The zero-order valence-electron chi connectivity index (χ0n) is 19.4. The predicted octanol–water partition coefficient (Wildman–Crippen LogP) is 2.75. The van der Waals surface area contributed by atoms with E-state index in [9.17, 15) is 9.90 Å². The van der Waals surface area contributed by atoms with E-state index in [1.54, 1.807) is 23.8 Å². The molecule has 0 atom stereocenters. The van der Waals surface area contributed by atoms with Crippen molar-refractivity contribution in [2.45, 2.75) is 24.8 Å². The van der Waals surface area contributed by atoms with Gasteiger partial charge in [-0.1, -0.05) is 0 Å². The molecule has 190 valence electrons. The number of hydrogen-bond donors (Lipinski definition) is 2. The summed E-state index contributed by atoms with van der Waals surface area (Å²) in [5, 5.41) is 19.9. The van der Waals surface area contributed by atoms with E-state index in [2.05, 4.69) is 24.0 Å². The number of allylic oxidation sites excluding steroid dienone is 1. The Morgan fingerprint density at radius 3 is 2.64 bits per heavy atom. The van der Waals surface area contributed by atoms with Crippen molar-refractivity contribution in [3.05, 3.63) is 43.1 Å². The second-order valence-electron chi connectivity index (χ2n) is 7.60. The number of aliphatic carboxylic acids is 1. The Morgan fingerprint density at radius 2 is 1.97 bits per heavy atom. The first kappa shape index (κ1) is 27.5. The number of methoxy groups -OCH3 is 1. The molecule has 2 N–H and O–H groups in total. The van der Waals surface area contributed by atoms with Crippen molar-refractivity contribution < 1.29 is 19.7 Å². The number of ether oxygens (including phenoxy) is 1. The number of thiazole rings is 1. The molecule has 0 saturated carbocycles. The quantitative estimate of drug-likeness (QED) is 0.331. The van der Waals surface area contributed by atoms with Gasteiger partial charge in [0, 0.05) is 0 Å². The average molecular weight is 645 g/mol. The first-order chi connectivity index (χ1) is 17.3. The van der Waals surface area contributed by atoms with Crippen LogP contribution < -0.4 is 18.8 Å². The number of carbonyl (C=O) groups is 1. The number of benzene rings is 1. The first-order valence-electron chi connectivity index (χ1n) is 10.9. The molecule has 0 radical (unpaired) electrons. The van der Waals surface area contributed by atoms with E-state index in [0.29, 0.717) is 20.1 Å². The molecule has 2 aromatic rings. The van der Waals surface area contributed by atoms with E-state index in [1.807, 2.05) is 22.8 Å². The number of thioether (sulfide) groups is 1. The van der Waals surface area contributed by atoms with Gasteiger partial charge >= 0.3 is 233 Å². The molecule has 3 heterocycles. The van der Waals surface area contributed by atoms with Gasteiger partial charge in [0.05, 0.1) is 7.11 Å². The molecule has 0 aliphatic carbocycles.